The predicted molar refractivity (Wildman–Crippen MR) is 78.1 cm³/mol. The molecule has 0 saturated heterocycles. The van der Waals surface area contributed by atoms with E-state index in [0.29, 0.717) is 9.37 Å². The Morgan fingerprint density at radius 2 is 2.26 bits per heavy atom. The second kappa shape index (κ2) is 5.94. The first-order valence-electron chi connectivity index (χ1n) is 5.29. The van der Waals surface area contributed by atoms with Crippen molar-refractivity contribution in [2.24, 2.45) is 0 Å². The Balaban J connectivity index is 2.32. The number of carbonyl (C=O) groups is 1. The third-order valence-electron chi connectivity index (χ3n) is 2.36. The Hall–Kier alpha value is -1.05. The maximum Gasteiger partial charge on any atom is 0.336 e. The number of thiazole rings is 1. The summed E-state index contributed by atoms with van der Waals surface area (Å²) in [5, 5.41) is 11.9. The molecular weight excluding hydrogens is 350 g/mol. The molecule has 0 bridgehead atoms. The maximum atomic E-state index is 12.3. The summed E-state index contributed by atoms with van der Waals surface area (Å²) >= 11 is 4.75. The third kappa shape index (κ3) is 3.49. The van der Waals surface area contributed by atoms with Crippen molar-refractivity contribution in [3.05, 3.63) is 44.3 Å². The Bertz CT molecular complexity index is 654. The molecule has 0 aliphatic rings. The zero-order valence-electron chi connectivity index (χ0n) is 9.92. The van der Waals surface area contributed by atoms with E-state index >= 15 is 0 Å². The Kier molecular flexibility index (Phi) is 4.49. The van der Waals surface area contributed by atoms with Crippen LogP contribution in [0.3, 0.4) is 0 Å². The summed E-state index contributed by atoms with van der Waals surface area (Å²) in [6.07, 6.45) is 0. The highest BCUT2D eigenvalue weighted by Gasteiger charge is 2.17. The van der Waals surface area contributed by atoms with Crippen molar-refractivity contribution in [3.8, 4) is 0 Å². The van der Waals surface area contributed by atoms with Crippen LogP contribution in [-0.4, -0.2) is 20.3 Å². The van der Waals surface area contributed by atoms with Gasteiger partial charge < -0.3 is 5.11 Å². The molecule has 1 heterocycles. The molecule has 1 aromatic carbocycles. The van der Waals surface area contributed by atoms with Crippen LogP contribution in [0.15, 0.2) is 32.9 Å². The zero-order valence-corrected chi connectivity index (χ0v) is 13.1. The number of aromatic carboxylic acids is 1. The molecular formula is C12H10BrNO3S2. The summed E-state index contributed by atoms with van der Waals surface area (Å²) in [4.78, 5) is 15.7. The summed E-state index contributed by atoms with van der Waals surface area (Å²) < 4.78 is 13.0. The van der Waals surface area contributed by atoms with Crippen molar-refractivity contribution < 1.29 is 14.1 Å². The minimum Gasteiger partial charge on any atom is -0.478 e. The van der Waals surface area contributed by atoms with E-state index in [1.165, 1.54) is 17.4 Å². The van der Waals surface area contributed by atoms with Crippen LogP contribution in [0.2, 0.25) is 0 Å². The predicted octanol–water partition coefficient (Wildman–Crippen LogP) is 3.22. The number of benzene rings is 1. The first kappa shape index (κ1) is 14.4. The molecule has 0 fully saturated rings. The fourth-order valence-electron chi connectivity index (χ4n) is 1.55. The number of carboxylic acid groups (broad SMARTS) is 1. The van der Waals surface area contributed by atoms with Gasteiger partial charge in [0.05, 0.1) is 37.7 Å². The molecule has 0 spiro atoms. The molecule has 19 heavy (non-hydrogen) atoms. The lowest BCUT2D eigenvalue weighted by atomic mass is 10.2. The highest BCUT2D eigenvalue weighted by atomic mass is 79.9. The SMILES string of the molecule is Cc1nc(CS(=O)c2cc(Br)ccc2C(=O)O)cs1. The van der Waals surface area contributed by atoms with Gasteiger partial charge in [-0.25, -0.2) is 9.78 Å². The lowest BCUT2D eigenvalue weighted by Crippen LogP contribution is -2.06. The van der Waals surface area contributed by atoms with E-state index in [2.05, 4.69) is 20.9 Å². The van der Waals surface area contributed by atoms with Gasteiger partial charge in [0, 0.05) is 9.85 Å². The first-order valence-corrected chi connectivity index (χ1v) is 8.29. The van der Waals surface area contributed by atoms with E-state index < -0.39 is 16.8 Å². The van der Waals surface area contributed by atoms with Crippen LogP contribution in [0.1, 0.15) is 21.1 Å². The molecule has 1 atom stereocenters. The fraction of sp³-hybridized carbons (Fsp3) is 0.167. The number of carboxylic acids is 1. The Morgan fingerprint density at radius 1 is 1.53 bits per heavy atom. The largest absolute Gasteiger partial charge is 0.478 e. The summed E-state index contributed by atoms with van der Waals surface area (Å²) in [5.74, 6) is -0.855. The highest BCUT2D eigenvalue weighted by Crippen LogP contribution is 2.22. The summed E-state index contributed by atoms with van der Waals surface area (Å²) in [6, 6.07) is 4.65. The van der Waals surface area contributed by atoms with E-state index in [-0.39, 0.29) is 11.3 Å². The molecule has 0 radical (unpaired) electrons. The lowest BCUT2D eigenvalue weighted by molar-refractivity contribution is 0.0693. The number of halogens is 1. The molecule has 100 valence electrons. The molecule has 1 unspecified atom stereocenters. The molecule has 1 N–H and O–H groups in total. The van der Waals surface area contributed by atoms with Gasteiger partial charge in [0.2, 0.25) is 0 Å². The maximum absolute atomic E-state index is 12.3. The standard InChI is InChI=1S/C12H10BrNO3S2/c1-7-14-9(5-18-7)6-19(17)11-4-8(13)2-3-10(11)12(15)16/h2-5H,6H2,1H3,(H,15,16). The van der Waals surface area contributed by atoms with E-state index in [1.54, 1.807) is 12.1 Å². The molecule has 7 heteroatoms. The highest BCUT2D eigenvalue weighted by molar-refractivity contribution is 9.10. The van der Waals surface area contributed by atoms with Crippen molar-refractivity contribution in [1.29, 1.82) is 0 Å². The average molecular weight is 360 g/mol. The summed E-state index contributed by atoms with van der Waals surface area (Å²) in [6.45, 7) is 1.87. The Morgan fingerprint density at radius 3 is 2.84 bits per heavy atom. The van der Waals surface area contributed by atoms with Crippen LogP contribution >= 0.6 is 27.3 Å². The number of hydrogen-bond donors (Lipinski definition) is 1. The molecule has 0 aliphatic carbocycles. The summed E-state index contributed by atoms with van der Waals surface area (Å²) in [7, 11) is -1.43. The van der Waals surface area contributed by atoms with Crippen LogP contribution in [0.25, 0.3) is 0 Å². The van der Waals surface area contributed by atoms with Crippen LogP contribution in [0.4, 0.5) is 0 Å². The van der Waals surface area contributed by atoms with Gasteiger partial charge in [-0.15, -0.1) is 11.3 Å². The van der Waals surface area contributed by atoms with Crippen LogP contribution in [0.5, 0.6) is 0 Å². The van der Waals surface area contributed by atoms with Crippen LogP contribution in [0, 0.1) is 6.92 Å². The minimum atomic E-state index is -1.43. The molecule has 2 rings (SSSR count). The number of nitrogens with zero attached hydrogens (tertiary/aromatic N) is 1. The molecule has 0 saturated carbocycles. The van der Waals surface area contributed by atoms with Crippen molar-refractivity contribution in [3.63, 3.8) is 0 Å². The molecule has 0 amide bonds. The second-order valence-corrected chi connectivity index (χ2v) is 7.19. The van der Waals surface area contributed by atoms with Crippen molar-refractivity contribution in [1.82, 2.24) is 4.98 Å². The van der Waals surface area contributed by atoms with Gasteiger partial charge in [-0.05, 0) is 25.1 Å². The monoisotopic (exact) mass is 359 g/mol. The fourth-order valence-corrected chi connectivity index (χ4v) is 4.01. The van der Waals surface area contributed by atoms with E-state index in [1.807, 2.05) is 12.3 Å². The van der Waals surface area contributed by atoms with Gasteiger partial charge in [0.25, 0.3) is 0 Å². The zero-order chi connectivity index (χ0) is 14.0. The number of rotatable bonds is 4. The smallest absolute Gasteiger partial charge is 0.336 e. The average Bonchev–Trinajstić information content (AvgIpc) is 2.74. The number of aryl methyl sites for hydroxylation is 1. The van der Waals surface area contributed by atoms with Gasteiger partial charge in [0.15, 0.2) is 0 Å². The van der Waals surface area contributed by atoms with Gasteiger partial charge in [0.1, 0.15) is 0 Å². The quantitative estimate of drug-likeness (QED) is 0.909. The van der Waals surface area contributed by atoms with Gasteiger partial charge in [-0.1, -0.05) is 15.9 Å². The topological polar surface area (TPSA) is 67.3 Å². The van der Waals surface area contributed by atoms with Gasteiger partial charge in [-0.3, -0.25) is 4.21 Å². The Labute approximate surface area is 125 Å². The van der Waals surface area contributed by atoms with Crippen molar-refractivity contribution in [2.75, 3.05) is 0 Å². The first-order chi connectivity index (χ1) is 8.97. The van der Waals surface area contributed by atoms with Gasteiger partial charge >= 0.3 is 5.97 Å². The van der Waals surface area contributed by atoms with Crippen LogP contribution < -0.4 is 0 Å². The van der Waals surface area contributed by atoms with Crippen molar-refractivity contribution in [2.45, 2.75) is 17.6 Å². The second-order valence-electron chi connectivity index (χ2n) is 3.79. The molecule has 1 aromatic heterocycles. The third-order valence-corrected chi connectivity index (χ3v) is 5.07. The molecule has 2 aromatic rings. The van der Waals surface area contributed by atoms with Crippen LogP contribution in [-0.2, 0) is 16.6 Å². The van der Waals surface area contributed by atoms with E-state index in [4.69, 9.17) is 5.11 Å². The summed E-state index contributed by atoms with van der Waals surface area (Å²) in [5.41, 5.74) is 0.783. The number of aromatic nitrogens is 1. The molecule has 4 nitrogen and oxygen atoms in total. The molecule has 0 aliphatic heterocycles. The minimum absolute atomic E-state index is 0.0634. The number of hydrogen-bond acceptors (Lipinski definition) is 4. The van der Waals surface area contributed by atoms with E-state index in [0.717, 1.165) is 10.7 Å². The van der Waals surface area contributed by atoms with E-state index in [9.17, 15) is 9.00 Å². The van der Waals surface area contributed by atoms with Crippen molar-refractivity contribution >= 4 is 44.0 Å². The lowest BCUT2D eigenvalue weighted by Gasteiger charge is -2.05. The normalized spacial score (nSPS) is 12.3. The van der Waals surface area contributed by atoms with Gasteiger partial charge in [-0.2, -0.15) is 0 Å².